The molecule has 1 aliphatic heterocycles. The van der Waals surface area contributed by atoms with Crippen LogP contribution in [0.25, 0.3) is 0 Å². The Morgan fingerprint density at radius 2 is 1.92 bits per heavy atom. The van der Waals surface area contributed by atoms with Gasteiger partial charge in [-0.3, -0.25) is 0 Å². The van der Waals surface area contributed by atoms with Gasteiger partial charge in [0, 0.05) is 0 Å². The van der Waals surface area contributed by atoms with Crippen molar-refractivity contribution in [3.63, 3.8) is 0 Å². The van der Waals surface area contributed by atoms with Crippen LogP contribution in [0, 0.1) is 5.92 Å². The summed E-state index contributed by atoms with van der Waals surface area (Å²) in [6, 6.07) is 0. The van der Waals surface area contributed by atoms with E-state index in [1.165, 1.54) is 6.89 Å². The van der Waals surface area contributed by atoms with E-state index in [-0.39, 0.29) is 31.2 Å². The number of hydrogen-bond donors (Lipinski definition) is 2. The molecule has 137 valence electrons. The molecule has 9 heteroatoms. The molecule has 4 unspecified atom stereocenters. The van der Waals surface area contributed by atoms with Crippen LogP contribution in [-0.2, 0) is 13.9 Å². The van der Waals surface area contributed by atoms with E-state index in [4.69, 9.17) is 9.16 Å². The quantitative estimate of drug-likeness (QED) is 0.528. The van der Waals surface area contributed by atoms with Gasteiger partial charge in [0.15, 0.2) is 0 Å². The molecule has 1 radical (unpaired) electrons. The van der Waals surface area contributed by atoms with Crippen LogP contribution in [0.5, 0.6) is 0 Å². The molecule has 1 heterocycles. The average molecular weight is 373 g/mol. The molecule has 2 N–H and O–H groups in total. The van der Waals surface area contributed by atoms with Crippen molar-refractivity contribution in [3.05, 3.63) is 0 Å². The second-order valence-electron chi connectivity index (χ2n) is 8.21. The Hall–Kier alpha value is 0.417. The molecule has 1 rings (SSSR count). The molecule has 24 heavy (non-hydrogen) atoms. The topological polar surface area (TPSA) is 76.0 Å². The number of aliphatic hydroxyl groups is 2. The summed E-state index contributed by atoms with van der Waals surface area (Å²) in [5.41, 5.74) is -0.233. The summed E-state index contributed by atoms with van der Waals surface area (Å²) in [6.07, 6.45) is -2.18. The van der Waals surface area contributed by atoms with Gasteiger partial charge in [0.1, 0.15) is 0 Å². The third-order valence-corrected chi connectivity index (χ3v) is 11.3. The van der Waals surface area contributed by atoms with Crippen molar-refractivity contribution in [1.29, 1.82) is 0 Å². The second kappa shape index (κ2) is 8.87. The SMILES string of the molecule is CC[C@H](C)C1OC(O)C(O[Si](C)(C)C(C)(C)C)[C@@H](O)[C@@H]1P[B]B=O. The number of hydrogen-bond acceptors (Lipinski definition) is 5. The van der Waals surface area contributed by atoms with E-state index < -0.39 is 26.8 Å². The van der Waals surface area contributed by atoms with Gasteiger partial charge in [-0.15, -0.1) is 0 Å². The molecule has 0 aliphatic carbocycles. The predicted octanol–water partition coefficient (Wildman–Crippen LogP) is 2.13. The van der Waals surface area contributed by atoms with Crippen molar-refractivity contribution in [3.8, 4) is 0 Å². The zero-order valence-electron chi connectivity index (χ0n) is 15.9. The van der Waals surface area contributed by atoms with Crippen molar-refractivity contribution in [1.82, 2.24) is 0 Å². The summed E-state index contributed by atoms with van der Waals surface area (Å²) >= 11 is 0. The zero-order chi connectivity index (χ0) is 18.7. The first kappa shape index (κ1) is 22.5. The number of ether oxygens (including phenoxy) is 1. The van der Waals surface area contributed by atoms with Gasteiger partial charge in [0.25, 0.3) is 0 Å². The molecule has 1 saturated heterocycles. The molecule has 0 spiro atoms. The van der Waals surface area contributed by atoms with Crippen molar-refractivity contribution < 1.29 is 24.1 Å². The molecular weight excluding hydrogens is 341 g/mol. The molecule has 1 fully saturated rings. The van der Waals surface area contributed by atoms with Gasteiger partial charge in [-0.1, -0.05) is 0 Å². The van der Waals surface area contributed by atoms with Gasteiger partial charge < -0.3 is 0 Å². The van der Waals surface area contributed by atoms with E-state index in [1.54, 1.807) is 0 Å². The molecule has 0 amide bonds. The average Bonchev–Trinajstić information content (AvgIpc) is 2.48. The molecule has 1 aliphatic rings. The molecule has 0 saturated carbocycles. The standard InChI is InChI=1S/C15H32B2O5PSi/c1-8-9(2)11-13(23-17-16-20)10(18)12(14(19)21-11)22-24(6,7)15(3,4)5/h9-14,18-19,23H,8H2,1-7H3/t9-,10+,11?,12?,13-,14?/m0/s1. The molecule has 7 atom stereocenters. The van der Waals surface area contributed by atoms with Crippen molar-refractivity contribution >= 4 is 30.7 Å². The Morgan fingerprint density at radius 1 is 1.33 bits per heavy atom. The normalized spacial score (nSPS) is 33.5. The maximum atomic E-state index is 10.9. The molecule has 0 aromatic rings. The van der Waals surface area contributed by atoms with Crippen LogP contribution >= 0.6 is 8.46 Å². The van der Waals surface area contributed by atoms with Crippen LogP contribution < -0.4 is 0 Å². The van der Waals surface area contributed by atoms with Crippen LogP contribution in [0.1, 0.15) is 41.0 Å². The van der Waals surface area contributed by atoms with E-state index in [0.29, 0.717) is 0 Å². The fraction of sp³-hybridized carbons (Fsp3) is 1.00. The minimum atomic E-state index is -2.17. The fourth-order valence-electron chi connectivity index (χ4n) is 2.60. The molecule has 0 aromatic carbocycles. The molecule has 0 bridgehead atoms. The van der Waals surface area contributed by atoms with Gasteiger partial charge >= 0.3 is 150 Å². The second-order valence-corrected chi connectivity index (χ2v) is 14.3. The van der Waals surface area contributed by atoms with Gasteiger partial charge in [-0.2, -0.15) is 0 Å². The fourth-order valence-corrected chi connectivity index (χ4v) is 5.17. The summed E-state index contributed by atoms with van der Waals surface area (Å²) in [6.45, 7) is 16.1. The number of aliphatic hydroxyl groups excluding tert-OH is 2. The van der Waals surface area contributed by atoms with E-state index in [1.807, 2.05) is 6.92 Å². The third kappa shape index (κ3) is 5.21. The van der Waals surface area contributed by atoms with Gasteiger partial charge in [-0.05, 0) is 0 Å². The van der Waals surface area contributed by atoms with Crippen LogP contribution in [0.15, 0.2) is 0 Å². The van der Waals surface area contributed by atoms with Crippen LogP contribution in [-0.4, -0.2) is 62.7 Å². The Morgan fingerprint density at radius 3 is 2.38 bits per heavy atom. The first-order chi connectivity index (χ1) is 11.0. The predicted molar refractivity (Wildman–Crippen MR) is 103 cm³/mol. The Bertz CT molecular complexity index is 421. The van der Waals surface area contributed by atoms with Gasteiger partial charge in [-0.25, -0.2) is 0 Å². The summed E-state index contributed by atoms with van der Waals surface area (Å²) in [5, 5.41) is 21.3. The van der Waals surface area contributed by atoms with Crippen molar-refractivity contribution in [2.24, 2.45) is 5.92 Å². The maximum absolute atomic E-state index is 10.9. The van der Waals surface area contributed by atoms with Gasteiger partial charge in [0.05, 0.1) is 0 Å². The van der Waals surface area contributed by atoms with Gasteiger partial charge in [0.2, 0.25) is 0 Å². The summed E-state index contributed by atoms with van der Waals surface area (Å²) in [4.78, 5) is 0. The number of rotatable bonds is 7. The van der Waals surface area contributed by atoms with E-state index in [2.05, 4.69) is 40.8 Å². The first-order valence-electron chi connectivity index (χ1n) is 8.68. The van der Waals surface area contributed by atoms with Crippen molar-refractivity contribution in [2.75, 3.05) is 0 Å². The third-order valence-electron chi connectivity index (χ3n) is 5.43. The molecule has 5 nitrogen and oxygen atoms in total. The van der Waals surface area contributed by atoms with Crippen molar-refractivity contribution in [2.45, 2.75) is 89.4 Å². The van der Waals surface area contributed by atoms with Crippen LogP contribution in [0.3, 0.4) is 0 Å². The van der Waals surface area contributed by atoms with Crippen LogP contribution in [0.2, 0.25) is 18.1 Å². The molecular formula is C15H32B2O5PSi. The summed E-state index contributed by atoms with van der Waals surface area (Å²) < 4.78 is 22.9. The Balaban J connectivity index is 3.01. The minimum absolute atomic E-state index is 0.0350. The summed E-state index contributed by atoms with van der Waals surface area (Å²) in [7, 11) is -1.27. The van der Waals surface area contributed by atoms with E-state index >= 15 is 0 Å². The van der Waals surface area contributed by atoms with Crippen LogP contribution in [0.4, 0.5) is 0 Å². The summed E-state index contributed by atoms with van der Waals surface area (Å²) in [5.74, 6) is 0.181. The monoisotopic (exact) mass is 373 g/mol. The van der Waals surface area contributed by atoms with E-state index in [0.717, 1.165) is 13.5 Å². The Labute approximate surface area is 150 Å². The zero-order valence-corrected chi connectivity index (χ0v) is 17.9. The first-order valence-corrected chi connectivity index (χ1v) is 12.7. The van der Waals surface area contributed by atoms with E-state index in [9.17, 15) is 14.9 Å². The Kier molecular flexibility index (Phi) is 8.30. The molecule has 0 aromatic heterocycles.